The average molecular weight is 270 g/mol. The van der Waals surface area contributed by atoms with Gasteiger partial charge >= 0.3 is 0 Å². The third kappa shape index (κ3) is 1.73. The van der Waals surface area contributed by atoms with E-state index in [1.54, 1.807) is 6.92 Å². The lowest BCUT2D eigenvalue weighted by molar-refractivity contribution is -0.119. The number of aryl methyl sites for hydroxylation is 2. The van der Waals surface area contributed by atoms with Crippen LogP contribution in [0, 0.1) is 27.7 Å². The maximum absolute atomic E-state index is 11.7. The molecule has 1 aliphatic rings. The van der Waals surface area contributed by atoms with E-state index in [0.29, 0.717) is 0 Å². The van der Waals surface area contributed by atoms with Crippen LogP contribution in [0.15, 0.2) is 0 Å². The fourth-order valence-corrected chi connectivity index (χ4v) is 3.39. The summed E-state index contributed by atoms with van der Waals surface area (Å²) in [5, 5.41) is 4.66. The number of benzene rings is 1. The summed E-state index contributed by atoms with van der Waals surface area (Å²) >= 11 is 0. The van der Waals surface area contributed by atoms with Gasteiger partial charge in [-0.15, -0.1) is 0 Å². The number of carbonyl (C=O) groups excluding carboxylic acids is 1. The largest absolute Gasteiger partial charge is 0.357 e. The molecule has 0 amide bonds. The van der Waals surface area contributed by atoms with Crippen molar-refractivity contribution in [2.75, 3.05) is 0 Å². The first-order valence-corrected chi connectivity index (χ1v) is 7.25. The first kappa shape index (κ1) is 13.4. The van der Waals surface area contributed by atoms with Crippen molar-refractivity contribution in [2.24, 2.45) is 0 Å². The highest BCUT2D eigenvalue weighted by atomic mass is 16.1. The van der Waals surface area contributed by atoms with Crippen LogP contribution in [0.2, 0.25) is 0 Å². The zero-order valence-electron chi connectivity index (χ0n) is 12.9. The van der Waals surface area contributed by atoms with Crippen molar-refractivity contribution < 1.29 is 4.79 Å². The smallest absolute Gasteiger partial charge is 0.147 e. The fourth-order valence-electron chi connectivity index (χ4n) is 3.39. The monoisotopic (exact) mass is 270 g/mol. The predicted molar refractivity (Wildman–Crippen MR) is 82.3 cm³/mol. The maximum Gasteiger partial charge on any atom is 0.147 e. The minimum absolute atomic E-state index is 0.0391. The topological polar surface area (TPSA) is 44.9 Å². The highest BCUT2D eigenvalue weighted by molar-refractivity contribution is 5.93. The van der Waals surface area contributed by atoms with E-state index in [2.05, 4.69) is 38.0 Å². The van der Waals surface area contributed by atoms with E-state index in [1.165, 1.54) is 44.4 Å². The molecule has 3 rings (SSSR count). The Morgan fingerprint density at radius 2 is 1.70 bits per heavy atom. The van der Waals surface area contributed by atoms with Gasteiger partial charge in [-0.3, -0.25) is 4.79 Å². The minimum Gasteiger partial charge on any atom is -0.357 e. The first-order valence-electron chi connectivity index (χ1n) is 7.25. The number of nitrogens with one attached hydrogen (secondary N) is 2. The van der Waals surface area contributed by atoms with Crippen molar-refractivity contribution in [2.45, 2.75) is 53.6 Å². The van der Waals surface area contributed by atoms with Crippen molar-refractivity contribution in [3.05, 3.63) is 33.5 Å². The summed E-state index contributed by atoms with van der Waals surface area (Å²) in [4.78, 5) is 15.2. The molecule has 3 nitrogen and oxygen atoms in total. The van der Waals surface area contributed by atoms with Crippen LogP contribution in [0.3, 0.4) is 0 Å². The molecule has 0 spiro atoms. The molecule has 1 unspecified atom stereocenters. The van der Waals surface area contributed by atoms with Crippen molar-refractivity contribution in [3.8, 4) is 0 Å². The Labute approximate surface area is 119 Å². The Kier molecular flexibility index (Phi) is 2.98. The number of fused-ring (bicyclic) bond motifs is 3. The Hall–Kier alpha value is -1.61. The minimum atomic E-state index is -0.0391. The molecule has 2 heterocycles. The van der Waals surface area contributed by atoms with Crippen LogP contribution in [0.1, 0.15) is 40.4 Å². The molecule has 2 aromatic rings. The second-order valence-electron chi connectivity index (χ2n) is 6.08. The number of ketones is 1. The Morgan fingerprint density at radius 1 is 1.05 bits per heavy atom. The molecule has 0 saturated carbocycles. The maximum atomic E-state index is 11.7. The molecule has 106 valence electrons. The molecule has 0 aliphatic carbocycles. The Balaban J connectivity index is 2.29. The number of H-pyrrole nitrogens is 1. The number of hydrogen-bond acceptors (Lipinski definition) is 2. The second-order valence-corrected chi connectivity index (χ2v) is 6.08. The number of rotatable bonds is 1. The normalized spacial score (nSPS) is 18.4. The van der Waals surface area contributed by atoms with E-state index in [9.17, 15) is 4.79 Å². The first-order chi connectivity index (χ1) is 9.41. The molecule has 20 heavy (non-hydrogen) atoms. The van der Waals surface area contributed by atoms with Gasteiger partial charge in [0.25, 0.3) is 0 Å². The van der Waals surface area contributed by atoms with Crippen LogP contribution >= 0.6 is 0 Å². The molecular weight excluding hydrogens is 248 g/mol. The van der Waals surface area contributed by atoms with Gasteiger partial charge in [-0.1, -0.05) is 0 Å². The molecule has 0 radical (unpaired) electrons. The predicted octanol–water partition coefficient (Wildman–Crippen LogP) is 3.00. The Morgan fingerprint density at radius 3 is 2.35 bits per heavy atom. The van der Waals surface area contributed by atoms with Crippen molar-refractivity contribution in [3.63, 3.8) is 0 Å². The lowest BCUT2D eigenvalue weighted by Gasteiger charge is -2.22. The van der Waals surface area contributed by atoms with Gasteiger partial charge in [-0.25, -0.2) is 0 Å². The van der Waals surface area contributed by atoms with Gasteiger partial charge in [-0.05, 0) is 68.9 Å². The summed E-state index contributed by atoms with van der Waals surface area (Å²) in [6.45, 7) is 11.2. The summed E-state index contributed by atoms with van der Waals surface area (Å²) in [7, 11) is 0. The standard InChI is InChI=1S/C17H22N2O/c1-8-9(2)11(4)17-16(10(8)3)13-6-14(12(5)20)18-7-15(13)19-17/h14,18-19H,6-7H2,1-5H3. The molecule has 0 bridgehead atoms. The zero-order valence-corrected chi connectivity index (χ0v) is 12.9. The van der Waals surface area contributed by atoms with Gasteiger partial charge in [0.2, 0.25) is 0 Å². The summed E-state index contributed by atoms with van der Waals surface area (Å²) in [5.74, 6) is 0.225. The fraction of sp³-hybridized carbons (Fsp3) is 0.471. The zero-order chi connectivity index (χ0) is 14.6. The molecule has 1 aliphatic heterocycles. The molecular formula is C17H22N2O. The SMILES string of the molecule is CC(=O)C1Cc2c([nH]c3c(C)c(C)c(C)c(C)c23)CN1. The van der Waals surface area contributed by atoms with Crippen LogP contribution < -0.4 is 5.32 Å². The number of carbonyl (C=O) groups is 1. The second kappa shape index (κ2) is 4.45. The van der Waals surface area contributed by atoms with Gasteiger partial charge in [0.1, 0.15) is 5.78 Å². The van der Waals surface area contributed by atoms with Gasteiger partial charge in [0, 0.05) is 23.1 Å². The number of aromatic amines is 1. The van der Waals surface area contributed by atoms with E-state index in [0.717, 1.165) is 13.0 Å². The molecule has 2 N–H and O–H groups in total. The molecule has 1 aromatic carbocycles. The quantitative estimate of drug-likeness (QED) is 0.836. The highest BCUT2D eigenvalue weighted by Crippen LogP contribution is 2.35. The molecule has 1 aromatic heterocycles. The summed E-state index contributed by atoms with van der Waals surface area (Å²) < 4.78 is 0. The van der Waals surface area contributed by atoms with E-state index >= 15 is 0 Å². The third-order valence-corrected chi connectivity index (χ3v) is 5.05. The molecule has 3 heteroatoms. The van der Waals surface area contributed by atoms with Gasteiger partial charge < -0.3 is 10.3 Å². The van der Waals surface area contributed by atoms with Gasteiger partial charge in [-0.2, -0.15) is 0 Å². The van der Waals surface area contributed by atoms with E-state index in [1.807, 2.05) is 0 Å². The summed E-state index contributed by atoms with van der Waals surface area (Å²) in [6, 6.07) is -0.0391. The van der Waals surface area contributed by atoms with Crippen molar-refractivity contribution in [1.82, 2.24) is 10.3 Å². The Bertz CT molecular complexity index is 725. The summed E-state index contributed by atoms with van der Waals surface area (Å²) in [5.41, 5.74) is 9.25. The van der Waals surface area contributed by atoms with Gasteiger partial charge in [0.15, 0.2) is 0 Å². The van der Waals surface area contributed by atoms with Crippen LogP contribution in [0.4, 0.5) is 0 Å². The number of Topliss-reactive ketones (excluding diaryl/α,β-unsaturated/α-hetero) is 1. The highest BCUT2D eigenvalue weighted by Gasteiger charge is 2.26. The van der Waals surface area contributed by atoms with E-state index < -0.39 is 0 Å². The summed E-state index contributed by atoms with van der Waals surface area (Å²) in [6.07, 6.45) is 0.799. The molecule has 1 atom stereocenters. The van der Waals surface area contributed by atoms with Crippen LogP contribution in [0.5, 0.6) is 0 Å². The van der Waals surface area contributed by atoms with E-state index in [-0.39, 0.29) is 11.8 Å². The van der Waals surface area contributed by atoms with Crippen molar-refractivity contribution in [1.29, 1.82) is 0 Å². The molecule has 0 saturated heterocycles. The number of hydrogen-bond donors (Lipinski definition) is 2. The van der Waals surface area contributed by atoms with Crippen LogP contribution in [-0.4, -0.2) is 16.8 Å². The number of aromatic nitrogens is 1. The van der Waals surface area contributed by atoms with Crippen LogP contribution in [0.25, 0.3) is 10.9 Å². The average Bonchev–Trinajstić information content (AvgIpc) is 2.81. The molecule has 0 fully saturated rings. The lowest BCUT2D eigenvalue weighted by Crippen LogP contribution is -2.40. The van der Waals surface area contributed by atoms with Crippen molar-refractivity contribution >= 4 is 16.7 Å². The van der Waals surface area contributed by atoms with E-state index in [4.69, 9.17) is 0 Å². The van der Waals surface area contributed by atoms with Gasteiger partial charge in [0.05, 0.1) is 6.04 Å². The lowest BCUT2D eigenvalue weighted by atomic mass is 9.90. The van der Waals surface area contributed by atoms with Crippen LogP contribution in [-0.2, 0) is 17.8 Å². The third-order valence-electron chi connectivity index (χ3n) is 5.05.